The van der Waals surface area contributed by atoms with E-state index in [4.69, 9.17) is 18.9 Å². The van der Waals surface area contributed by atoms with E-state index in [0.717, 1.165) is 28.0 Å². The summed E-state index contributed by atoms with van der Waals surface area (Å²) in [6.07, 6.45) is 1.77. The fourth-order valence-electron chi connectivity index (χ4n) is 5.40. The average molecular weight is 551 g/mol. The molecule has 0 aliphatic carbocycles. The number of nitrogens with one attached hydrogen (secondary N) is 1. The minimum atomic E-state index is -3.88. The number of rotatable bonds is 3. The maximum absolute atomic E-state index is 14.2. The van der Waals surface area contributed by atoms with Crippen LogP contribution in [0.2, 0.25) is 0 Å². The molecule has 1 amide bonds. The molecule has 0 spiro atoms. The Morgan fingerprint density at radius 1 is 0.949 bits per heavy atom. The van der Waals surface area contributed by atoms with Gasteiger partial charge in [-0.25, -0.2) is 8.42 Å². The first-order valence-corrected chi connectivity index (χ1v) is 14.5. The third-order valence-corrected chi connectivity index (χ3v) is 9.18. The first kappa shape index (κ1) is 25.5. The van der Waals surface area contributed by atoms with Gasteiger partial charge in [-0.3, -0.25) is 4.79 Å². The van der Waals surface area contributed by atoms with Crippen LogP contribution in [0.4, 0.5) is 0 Å². The number of hydrogen-bond acceptors (Lipinski definition) is 7. The number of methoxy groups -OCH3 is 1. The van der Waals surface area contributed by atoms with Crippen LogP contribution in [-0.2, 0) is 27.7 Å². The summed E-state index contributed by atoms with van der Waals surface area (Å²) in [7, 11) is -2.36. The largest absolute Gasteiger partial charge is 0.494 e. The zero-order valence-corrected chi connectivity index (χ0v) is 22.5. The van der Waals surface area contributed by atoms with E-state index in [-0.39, 0.29) is 24.0 Å². The first-order valence-electron chi connectivity index (χ1n) is 13.0. The van der Waals surface area contributed by atoms with E-state index in [2.05, 4.69) is 5.32 Å². The van der Waals surface area contributed by atoms with Crippen LogP contribution in [0.3, 0.4) is 0 Å². The van der Waals surface area contributed by atoms with Gasteiger partial charge in [0, 0.05) is 19.5 Å². The molecule has 1 atom stereocenters. The molecule has 4 heterocycles. The Bertz CT molecular complexity index is 1520. The van der Waals surface area contributed by atoms with Crippen LogP contribution in [0.15, 0.2) is 59.5 Å². The maximum Gasteiger partial charge on any atom is 0.257 e. The Balaban J connectivity index is 1.49. The number of ether oxygens (including phenoxy) is 4. The van der Waals surface area contributed by atoms with Gasteiger partial charge >= 0.3 is 0 Å². The average Bonchev–Trinajstić information content (AvgIpc) is 3.42. The van der Waals surface area contributed by atoms with Gasteiger partial charge in [-0.1, -0.05) is 12.1 Å². The summed E-state index contributed by atoms with van der Waals surface area (Å²) in [6.45, 7) is 1.52. The third kappa shape index (κ3) is 4.90. The molecule has 9 nitrogen and oxygen atoms in total. The van der Waals surface area contributed by atoms with Gasteiger partial charge in [0.2, 0.25) is 10.0 Å². The normalized spacial score (nSPS) is 19.3. The number of benzene rings is 3. The van der Waals surface area contributed by atoms with Crippen LogP contribution in [0.25, 0.3) is 0 Å². The highest BCUT2D eigenvalue weighted by molar-refractivity contribution is 7.89. The molecule has 3 aromatic carbocycles. The number of carbonyl (C=O) groups is 1. The Morgan fingerprint density at radius 3 is 2.72 bits per heavy atom. The minimum Gasteiger partial charge on any atom is -0.494 e. The van der Waals surface area contributed by atoms with Crippen molar-refractivity contribution in [3.05, 3.63) is 76.9 Å². The predicted octanol–water partition coefficient (Wildman–Crippen LogP) is 3.24. The van der Waals surface area contributed by atoms with E-state index in [1.165, 1.54) is 7.11 Å². The molecule has 4 aliphatic rings. The van der Waals surface area contributed by atoms with Crippen LogP contribution in [0, 0.1) is 0 Å². The fraction of sp³-hybridized carbons (Fsp3) is 0.345. The van der Waals surface area contributed by atoms with Crippen molar-refractivity contribution < 1.29 is 32.2 Å². The quantitative estimate of drug-likeness (QED) is 0.534. The second-order valence-electron chi connectivity index (χ2n) is 9.75. The lowest BCUT2D eigenvalue weighted by molar-refractivity contribution is -0.123. The Morgan fingerprint density at radius 2 is 1.85 bits per heavy atom. The second kappa shape index (κ2) is 10.4. The van der Waals surface area contributed by atoms with E-state index < -0.39 is 16.1 Å². The zero-order chi connectivity index (χ0) is 27.0. The van der Waals surface area contributed by atoms with E-state index >= 15 is 0 Å². The molecule has 3 aromatic rings. The number of amides is 1. The molecule has 204 valence electrons. The lowest BCUT2D eigenvalue weighted by Crippen LogP contribution is -2.40. The number of sulfonamides is 1. The highest BCUT2D eigenvalue weighted by Gasteiger charge is 2.39. The van der Waals surface area contributed by atoms with E-state index in [0.29, 0.717) is 56.3 Å². The Labute approximate surface area is 227 Å². The molecular weight excluding hydrogens is 520 g/mol. The molecule has 39 heavy (non-hydrogen) atoms. The van der Waals surface area contributed by atoms with Gasteiger partial charge in [0.15, 0.2) is 18.1 Å². The van der Waals surface area contributed by atoms with Gasteiger partial charge in [-0.2, -0.15) is 4.31 Å². The SMILES string of the molecule is COc1cc2c3cc1OCC(=O)NCCCOc1cccc(c1)C2N(S(=O)(=O)c1ccc2c(c1)CCO2)CC3. The lowest BCUT2D eigenvalue weighted by Gasteiger charge is -2.37. The molecule has 1 unspecified atom stereocenters. The van der Waals surface area contributed by atoms with Gasteiger partial charge < -0.3 is 24.3 Å². The third-order valence-electron chi connectivity index (χ3n) is 7.32. The van der Waals surface area contributed by atoms with Gasteiger partial charge in [0.1, 0.15) is 11.5 Å². The van der Waals surface area contributed by atoms with Gasteiger partial charge in [-0.05, 0) is 77.6 Å². The lowest BCUT2D eigenvalue weighted by atomic mass is 9.89. The highest BCUT2D eigenvalue weighted by atomic mass is 32.2. The van der Waals surface area contributed by atoms with Crippen molar-refractivity contribution in [2.24, 2.45) is 0 Å². The summed E-state index contributed by atoms with van der Waals surface area (Å²) in [5.74, 6) is 2.01. The van der Waals surface area contributed by atoms with E-state index in [1.54, 1.807) is 22.5 Å². The summed E-state index contributed by atoms with van der Waals surface area (Å²) in [5.41, 5.74) is 3.42. The predicted molar refractivity (Wildman–Crippen MR) is 143 cm³/mol. The molecule has 10 heteroatoms. The Kier molecular flexibility index (Phi) is 6.82. The van der Waals surface area contributed by atoms with Crippen molar-refractivity contribution in [2.45, 2.75) is 30.2 Å². The fourth-order valence-corrected chi connectivity index (χ4v) is 7.04. The first-order chi connectivity index (χ1) is 18.9. The molecule has 7 rings (SSSR count). The van der Waals surface area contributed by atoms with Crippen molar-refractivity contribution in [3.63, 3.8) is 0 Å². The molecule has 0 saturated carbocycles. The van der Waals surface area contributed by atoms with Crippen LogP contribution in [0.5, 0.6) is 23.0 Å². The number of hydrogen-bond donors (Lipinski definition) is 1. The monoisotopic (exact) mass is 550 g/mol. The van der Waals surface area contributed by atoms with Crippen molar-refractivity contribution in [2.75, 3.05) is 40.0 Å². The topological polar surface area (TPSA) is 103 Å². The summed E-state index contributed by atoms with van der Waals surface area (Å²) in [4.78, 5) is 12.5. The molecule has 4 aliphatic heterocycles. The molecule has 0 radical (unpaired) electrons. The molecule has 6 bridgehead atoms. The van der Waals surface area contributed by atoms with Crippen LogP contribution in [0.1, 0.15) is 34.7 Å². The van der Waals surface area contributed by atoms with Gasteiger partial charge in [0.05, 0.1) is 31.3 Å². The van der Waals surface area contributed by atoms with Crippen LogP contribution >= 0.6 is 0 Å². The summed E-state index contributed by atoms with van der Waals surface area (Å²) in [5, 5.41) is 2.83. The highest BCUT2D eigenvalue weighted by Crippen LogP contribution is 2.44. The van der Waals surface area contributed by atoms with Crippen LogP contribution < -0.4 is 24.3 Å². The van der Waals surface area contributed by atoms with E-state index in [9.17, 15) is 13.2 Å². The molecule has 1 N–H and O–H groups in total. The Hall–Kier alpha value is -3.76. The van der Waals surface area contributed by atoms with Gasteiger partial charge in [-0.15, -0.1) is 0 Å². The van der Waals surface area contributed by atoms with Crippen molar-refractivity contribution in [3.8, 4) is 23.0 Å². The molecular formula is C29H30N2O7S. The zero-order valence-electron chi connectivity index (χ0n) is 21.6. The molecule has 0 aromatic heterocycles. The minimum absolute atomic E-state index is 0.152. The summed E-state index contributed by atoms with van der Waals surface area (Å²) in [6, 6.07) is 15.7. The standard InChI is InChI=1S/C29H30N2O7S/c1-35-26-17-24-19-8-11-31(39(33,34)23-6-7-25-20(15-23)9-13-37-25)29(24)21-4-2-5-22(14-21)36-12-3-10-30-28(32)18-38-27(26)16-19/h2,4-7,14-17,29H,3,8-13,18H2,1H3,(H,30,32). The maximum atomic E-state index is 14.2. The summed E-state index contributed by atoms with van der Waals surface area (Å²) < 4.78 is 53.0. The van der Waals surface area contributed by atoms with Crippen molar-refractivity contribution >= 4 is 15.9 Å². The smallest absolute Gasteiger partial charge is 0.257 e. The van der Waals surface area contributed by atoms with Crippen molar-refractivity contribution in [1.82, 2.24) is 9.62 Å². The van der Waals surface area contributed by atoms with Gasteiger partial charge in [0.25, 0.3) is 5.91 Å². The number of nitrogens with zero attached hydrogens (tertiary/aromatic N) is 1. The molecule has 0 saturated heterocycles. The second-order valence-corrected chi connectivity index (χ2v) is 11.6. The molecule has 0 fully saturated rings. The summed E-state index contributed by atoms with van der Waals surface area (Å²) >= 11 is 0. The van der Waals surface area contributed by atoms with Crippen LogP contribution in [-0.4, -0.2) is 58.7 Å². The number of carbonyl (C=O) groups excluding carboxylic acids is 1. The number of fused-ring (bicyclic) bond motifs is 9. The van der Waals surface area contributed by atoms with Crippen molar-refractivity contribution in [1.29, 1.82) is 0 Å². The van der Waals surface area contributed by atoms with E-state index in [1.807, 2.05) is 36.4 Å².